The fourth-order valence-electron chi connectivity index (χ4n) is 2.40. The number of hydrogen-bond donors (Lipinski definition) is 2. The number of halogens is 1. The van der Waals surface area contributed by atoms with E-state index in [9.17, 15) is 9.18 Å². The predicted octanol–water partition coefficient (Wildman–Crippen LogP) is 3.14. The molecule has 1 aromatic carbocycles. The lowest BCUT2D eigenvalue weighted by atomic mass is 10.1. The Morgan fingerprint density at radius 3 is 2.79 bits per heavy atom. The summed E-state index contributed by atoms with van der Waals surface area (Å²) in [6.45, 7) is 4.11. The number of ether oxygens (including phenoxy) is 1. The Morgan fingerprint density at radius 2 is 2.12 bits per heavy atom. The van der Waals surface area contributed by atoms with Gasteiger partial charge in [-0.15, -0.1) is 0 Å². The second kappa shape index (κ2) is 8.29. The van der Waals surface area contributed by atoms with E-state index < -0.39 is 11.9 Å². The lowest BCUT2D eigenvalue weighted by molar-refractivity contribution is 0.237. The Bertz CT molecular complexity index is 689. The summed E-state index contributed by atoms with van der Waals surface area (Å²) >= 11 is 0. The number of urea groups is 1. The molecule has 0 saturated heterocycles. The number of amides is 2. The number of methoxy groups -OCH3 is 1. The largest absolute Gasteiger partial charge is 0.496 e. The molecule has 0 fully saturated rings. The van der Waals surface area contributed by atoms with Crippen molar-refractivity contribution < 1.29 is 13.9 Å². The number of nitrogens with zero attached hydrogens (tertiary/aromatic N) is 1. The van der Waals surface area contributed by atoms with Crippen LogP contribution >= 0.6 is 0 Å². The zero-order chi connectivity index (χ0) is 17.5. The molecule has 1 aromatic heterocycles. The van der Waals surface area contributed by atoms with Gasteiger partial charge in [0.25, 0.3) is 0 Å². The first-order valence-electron chi connectivity index (χ1n) is 7.79. The maximum absolute atomic E-state index is 14.0. The number of benzene rings is 1. The van der Waals surface area contributed by atoms with Crippen LogP contribution in [0.2, 0.25) is 0 Å². The van der Waals surface area contributed by atoms with E-state index >= 15 is 0 Å². The smallest absolute Gasteiger partial charge is 0.315 e. The third kappa shape index (κ3) is 4.68. The van der Waals surface area contributed by atoms with E-state index in [1.54, 1.807) is 25.3 Å². The number of aromatic nitrogens is 1. The molecule has 0 spiro atoms. The molecular formula is C18H22FN3O2. The molecular weight excluding hydrogens is 309 g/mol. The summed E-state index contributed by atoms with van der Waals surface area (Å²) in [5, 5.41) is 5.48. The molecule has 0 bridgehead atoms. The Morgan fingerprint density at radius 1 is 1.33 bits per heavy atom. The molecule has 6 heteroatoms. The van der Waals surface area contributed by atoms with Gasteiger partial charge < -0.3 is 15.4 Å². The number of carbonyl (C=O) groups is 1. The van der Waals surface area contributed by atoms with Crippen molar-refractivity contribution in [3.8, 4) is 5.75 Å². The fraction of sp³-hybridized carbons (Fsp3) is 0.333. The SMILES string of the molecule is COc1cccc(F)c1[C@H](C)NC(=O)NCCc1ccc(C)nc1. The highest BCUT2D eigenvalue weighted by atomic mass is 19.1. The number of aryl methyl sites for hydroxylation is 1. The molecule has 0 aliphatic rings. The van der Waals surface area contributed by atoms with Crippen LogP contribution < -0.4 is 15.4 Å². The molecule has 2 rings (SSSR count). The van der Waals surface area contributed by atoms with Gasteiger partial charge in [0, 0.05) is 18.4 Å². The Kier molecular flexibility index (Phi) is 6.12. The van der Waals surface area contributed by atoms with E-state index in [0.717, 1.165) is 11.3 Å². The van der Waals surface area contributed by atoms with Crippen LogP contribution in [0.3, 0.4) is 0 Å². The Labute approximate surface area is 141 Å². The Hall–Kier alpha value is -2.63. The second-order valence-electron chi connectivity index (χ2n) is 5.54. The number of pyridine rings is 1. The summed E-state index contributed by atoms with van der Waals surface area (Å²) in [5.74, 6) is 0.00131. The summed E-state index contributed by atoms with van der Waals surface area (Å²) in [5.41, 5.74) is 2.33. The molecule has 0 unspecified atom stereocenters. The molecule has 0 radical (unpaired) electrons. The van der Waals surface area contributed by atoms with Crippen LogP contribution in [0.1, 0.15) is 29.8 Å². The zero-order valence-corrected chi connectivity index (χ0v) is 14.1. The van der Waals surface area contributed by atoms with Crippen LogP contribution in [0, 0.1) is 12.7 Å². The van der Waals surface area contributed by atoms with Gasteiger partial charge in [-0.1, -0.05) is 12.1 Å². The van der Waals surface area contributed by atoms with E-state index in [2.05, 4.69) is 15.6 Å². The first kappa shape index (κ1) is 17.7. The average molecular weight is 331 g/mol. The molecule has 5 nitrogen and oxygen atoms in total. The summed E-state index contributed by atoms with van der Waals surface area (Å²) in [6.07, 6.45) is 2.47. The van der Waals surface area contributed by atoms with Gasteiger partial charge in [-0.2, -0.15) is 0 Å². The molecule has 2 aromatic rings. The minimum Gasteiger partial charge on any atom is -0.496 e. The molecule has 1 heterocycles. The first-order chi connectivity index (χ1) is 11.5. The topological polar surface area (TPSA) is 63.2 Å². The minimum atomic E-state index is -0.512. The molecule has 1 atom stereocenters. The van der Waals surface area contributed by atoms with Gasteiger partial charge in [-0.3, -0.25) is 4.98 Å². The van der Waals surface area contributed by atoms with Crippen molar-refractivity contribution in [1.29, 1.82) is 0 Å². The monoisotopic (exact) mass is 331 g/mol. The molecule has 2 amide bonds. The lowest BCUT2D eigenvalue weighted by Crippen LogP contribution is -2.38. The number of carbonyl (C=O) groups excluding carboxylic acids is 1. The predicted molar refractivity (Wildman–Crippen MR) is 90.6 cm³/mol. The van der Waals surface area contributed by atoms with Crippen molar-refractivity contribution in [1.82, 2.24) is 15.6 Å². The quantitative estimate of drug-likeness (QED) is 0.855. The van der Waals surface area contributed by atoms with Crippen LogP contribution in [0.15, 0.2) is 36.5 Å². The van der Waals surface area contributed by atoms with Crippen molar-refractivity contribution >= 4 is 6.03 Å². The zero-order valence-electron chi connectivity index (χ0n) is 14.1. The third-order valence-electron chi connectivity index (χ3n) is 3.69. The van der Waals surface area contributed by atoms with Crippen LogP contribution in [-0.4, -0.2) is 24.7 Å². The average Bonchev–Trinajstić information content (AvgIpc) is 2.56. The highest BCUT2D eigenvalue weighted by molar-refractivity contribution is 5.74. The molecule has 0 aliphatic heterocycles. The summed E-state index contributed by atoms with van der Waals surface area (Å²) < 4.78 is 19.1. The maximum Gasteiger partial charge on any atom is 0.315 e. The molecule has 128 valence electrons. The van der Waals surface area contributed by atoms with E-state index in [1.807, 2.05) is 19.1 Å². The third-order valence-corrected chi connectivity index (χ3v) is 3.69. The van der Waals surface area contributed by atoms with Crippen LogP contribution in [0.4, 0.5) is 9.18 Å². The summed E-state index contributed by atoms with van der Waals surface area (Å²) in [6, 6.07) is 7.63. The van der Waals surface area contributed by atoms with Gasteiger partial charge in [-0.05, 0) is 44.0 Å². The first-order valence-corrected chi connectivity index (χ1v) is 7.79. The number of nitrogens with one attached hydrogen (secondary N) is 2. The van der Waals surface area contributed by atoms with Crippen molar-refractivity contribution in [3.63, 3.8) is 0 Å². The lowest BCUT2D eigenvalue weighted by Gasteiger charge is -2.18. The number of rotatable bonds is 6. The molecule has 0 aliphatic carbocycles. The van der Waals surface area contributed by atoms with Crippen LogP contribution in [0.5, 0.6) is 5.75 Å². The fourth-order valence-corrected chi connectivity index (χ4v) is 2.40. The van der Waals surface area contributed by atoms with Gasteiger partial charge in [0.2, 0.25) is 0 Å². The van der Waals surface area contributed by atoms with E-state index in [1.165, 1.54) is 13.2 Å². The normalized spacial score (nSPS) is 11.7. The van der Waals surface area contributed by atoms with Gasteiger partial charge in [0.05, 0.1) is 18.7 Å². The van der Waals surface area contributed by atoms with E-state index in [0.29, 0.717) is 24.3 Å². The van der Waals surface area contributed by atoms with Gasteiger partial charge in [0.15, 0.2) is 0 Å². The maximum atomic E-state index is 14.0. The molecule has 0 saturated carbocycles. The van der Waals surface area contributed by atoms with Crippen molar-refractivity contribution in [3.05, 3.63) is 59.2 Å². The highest BCUT2D eigenvalue weighted by Gasteiger charge is 2.18. The minimum absolute atomic E-state index is 0.331. The standard InChI is InChI=1S/C18H22FN3O2/c1-12-7-8-14(11-21-12)9-10-20-18(23)22-13(2)17-15(19)5-4-6-16(17)24-3/h4-8,11,13H,9-10H2,1-3H3,(H2,20,22,23)/t13-/m0/s1. The van der Waals surface area contributed by atoms with Gasteiger partial charge >= 0.3 is 6.03 Å². The van der Waals surface area contributed by atoms with E-state index in [-0.39, 0.29) is 6.03 Å². The van der Waals surface area contributed by atoms with E-state index in [4.69, 9.17) is 4.74 Å². The summed E-state index contributed by atoms with van der Waals surface area (Å²) in [4.78, 5) is 16.2. The van der Waals surface area contributed by atoms with Gasteiger partial charge in [-0.25, -0.2) is 9.18 Å². The molecule has 24 heavy (non-hydrogen) atoms. The Balaban J connectivity index is 1.87. The molecule has 2 N–H and O–H groups in total. The van der Waals surface area contributed by atoms with Crippen LogP contribution in [-0.2, 0) is 6.42 Å². The second-order valence-corrected chi connectivity index (χ2v) is 5.54. The van der Waals surface area contributed by atoms with Crippen molar-refractivity contribution in [2.24, 2.45) is 0 Å². The van der Waals surface area contributed by atoms with Crippen LogP contribution in [0.25, 0.3) is 0 Å². The number of hydrogen-bond acceptors (Lipinski definition) is 3. The highest BCUT2D eigenvalue weighted by Crippen LogP contribution is 2.27. The van der Waals surface area contributed by atoms with Crippen molar-refractivity contribution in [2.45, 2.75) is 26.3 Å². The van der Waals surface area contributed by atoms with Gasteiger partial charge in [0.1, 0.15) is 11.6 Å². The summed E-state index contributed by atoms with van der Waals surface area (Å²) in [7, 11) is 1.47. The van der Waals surface area contributed by atoms with Crippen molar-refractivity contribution in [2.75, 3.05) is 13.7 Å².